The Morgan fingerprint density at radius 2 is 2.28 bits per heavy atom. The number of nitrogens with zero attached hydrogens (tertiary/aromatic N) is 1. The zero-order valence-electron chi connectivity index (χ0n) is 10.9. The van der Waals surface area contributed by atoms with Gasteiger partial charge < -0.3 is 5.32 Å². The minimum absolute atomic E-state index is 0.0835. The van der Waals surface area contributed by atoms with E-state index >= 15 is 0 Å². The van der Waals surface area contributed by atoms with Gasteiger partial charge in [0.1, 0.15) is 5.82 Å². The van der Waals surface area contributed by atoms with Crippen molar-refractivity contribution in [2.45, 2.75) is 39.5 Å². The number of carbonyl (C=O) groups excluding carboxylic acids is 1. The highest BCUT2D eigenvalue weighted by Crippen LogP contribution is 2.41. The van der Waals surface area contributed by atoms with E-state index in [0.29, 0.717) is 5.82 Å². The van der Waals surface area contributed by atoms with E-state index in [2.05, 4.69) is 40.1 Å². The first-order valence-electron chi connectivity index (χ1n) is 6.42. The summed E-state index contributed by atoms with van der Waals surface area (Å²) in [5.41, 5.74) is 0.0869. The molecule has 0 aromatic carbocycles. The molecular weight excluding hydrogens is 292 g/mol. The number of amides is 1. The second-order valence-electron chi connectivity index (χ2n) is 5.61. The highest BCUT2D eigenvalue weighted by Gasteiger charge is 2.37. The van der Waals surface area contributed by atoms with Gasteiger partial charge in [-0.15, -0.1) is 0 Å². The molecule has 1 amide bonds. The summed E-state index contributed by atoms with van der Waals surface area (Å²) in [6, 6.07) is 3.72. The number of rotatable bonds is 2. The summed E-state index contributed by atoms with van der Waals surface area (Å²) in [7, 11) is 0. The summed E-state index contributed by atoms with van der Waals surface area (Å²) in [5, 5.41) is 2.94. The van der Waals surface area contributed by atoms with E-state index in [0.717, 1.165) is 23.7 Å². The number of pyridine rings is 1. The van der Waals surface area contributed by atoms with Crippen molar-refractivity contribution in [3.63, 3.8) is 0 Å². The van der Waals surface area contributed by atoms with Gasteiger partial charge >= 0.3 is 0 Å². The van der Waals surface area contributed by atoms with Gasteiger partial charge in [0, 0.05) is 12.1 Å². The van der Waals surface area contributed by atoms with Crippen LogP contribution in [0, 0.1) is 11.3 Å². The first-order chi connectivity index (χ1) is 8.50. The molecule has 1 aliphatic rings. The lowest BCUT2D eigenvalue weighted by molar-refractivity contribution is -0.124. The van der Waals surface area contributed by atoms with Crippen LogP contribution in [0.2, 0.25) is 0 Å². The van der Waals surface area contributed by atoms with Crippen molar-refractivity contribution in [2.75, 3.05) is 5.32 Å². The summed E-state index contributed by atoms with van der Waals surface area (Å²) in [4.78, 5) is 16.5. The molecule has 98 valence electrons. The van der Waals surface area contributed by atoms with Crippen molar-refractivity contribution in [2.24, 2.45) is 11.3 Å². The first-order valence-corrected chi connectivity index (χ1v) is 7.21. The van der Waals surface area contributed by atoms with Gasteiger partial charge in [0.25, 0.3) is 0 Å². The van der Waals surface area contributed by atoms with Crippen molar-refractivity contribution in [1.82, 2.24) is 4.98 Å². The molecule has 0 saturated heterocycles. The topological polar surface area (TPSA) is 42.0 Å². The lowest BCUT2D eigenvalue weighted by Gasteiger charge is -2.37. The summed E-state index contributed by atoms with van der Waals surface area (Å²) in [6.45, 7) is 4.37. The van der Waals surface area contributed by atoms with E-state index in [1.54, 1.807) is 6.20 Å². The van der Waals surface area contributed by atoms with Gasteiger partial charge in [-0.05, 0) is 46.3 Å². The van der Waals surface area contributed by atoms with Crippen LogP contribution in [0.25, 0.3) is 0 Å². The second kappa shape index (κ2) is 5.39. The van der Waals surface area contributed by atoms with Crippen LogP contribution >= 0.6 is 15.9 Å². The maximum Gasteiger partial charge on any atom is 0.229 e. The van der Waals surface area contributed by atoms with Gasteiger partial charge in [-0.3, -0.25) is 4.79 Å². The predicted molar refractivity (Wildman–Crippen MR) is 76.3 cm³/mol. The van der Waals surface area contributed by atoms with Crippen molar-refractivity contribution < 1.29 is 4.79 Å². The van der Waals surface area contributed by atoms with Crippen molar-refractivity contribution in [3.8, 4) is 0 Å². The summed E-state index contributed by atoms with van der Waals surface area (Å²) < 4.78 is 0.826. The molecular formula is C14H19BrN2O. The van der Waals surface area contributed by atoms with Crippen LogP contribution in [0.3, 0.4) is 0 Å². The predicted octanol–water partition coefficient (Wildman–Crippen LogP) is 4.00. The van der Waals surface area contributed by atoms with Crippen LogP contribution < -0.4 is 5.32 Å². The highest BCUT2D eigenvalue weighted by atomic mass is 79.9. The van der Waals surface area contributed by atoms with E-state index in [1.807, 2.05) is 12.1 Å². The Morgan fingerprint density at radius 3 is 2.94 bits per heavy atom. The van der Waals surface area contributed by atoms with Crippen LogP contribution in [0.15, 0.2) is 22.8 Å². The van der Waals surface area contributed by atoms with Crippen LogP contribution in [-0.2, 0) is 4.79 Å². The number of hydrogen-bond acceptors (Lipinski definition) is 2. The van der Waals surface area contributed by atoms with Gasteiger partial charge in [-0.2, -0.15) is 0 Å². The van der Waals surface area contributed by atoms with Crippen molar-refractivity contribution >= 4 is 27.7 Å². The number of anilines is 1. The van der Waals surface area contributed by atoms with Crippen molar-refractivity contribution in [3.05, 3.63) is 22.8 Å². The van der Waals surface area contributed by atoms with E-state index in [4.69, 9.17) is 0 Å². The Hall–Kier alpha value is -0.900. The molecule has 1 unspecified atom stereocenters. The number of halogens is 1. The lowest BCUT2D eigenvalue weighted by Crippen LogP contribution is -2.37. The zero-order chi connectivity index (χ0) is 13.2. The quantitative estimate of drug-likeness (QED) is 0.897. The second-order valence-corrected chi connectivity index (χ2v) is 6.46. The fourth-order valence-electron chi connectivity index (χ4n) is 2.66. The van der Waals surface area contributed by atoms with Gasteiger partial charge in [0.05, 0.1) is 4.47 Å². The Bertz CT molecular complexity index is 445. The van der Waals surface area contributed by atoms with Crippen LogP contribution in [0.1, 0.15) is 39.5 Å². The monoisotopic (exact) mass is 310 g/mol. The van der Waals surface area contributed by atoms with Crippen LogP contribution in [-0.4, -0.2) is 10.9 Å². The van der Waals surface area contributed by atoms with E-state index in [1.165, 1.54) is 6.42 Å². The normalized spacial score (nSPS) is 22.5. The average molecular weight is 311 g/mol. The molecule has 2 rings (SSSR count). The Morgan fingerprint density at radius 1 is 1.50 bits per heavy atom. The maximum atomic E-state index is 12.4. The van der Waals surface area contributed by atoms with Gasteiger partial charge in [0.2, 0.25) is 5.91 Å². The Kier molecular flexibility index (Phi) is 4.05. The molecule has 1 aliphatic carbocycles. The lowest BCUT2D eigenvalue weighted by atomic mass is 9.68. The maximum absolute atomic E-state index is 12.4. The SMILES string of the molecule is CC1(C)CCCCC1C(=O)Nc1ncccc1Br. The molecule has 1 atom stereocenters. The van der Waals surface area contributed by atoms with Gasteiger partial charge in [-0.1, -0.05) is 26.7 Å². The molecule has 1 fully saturated rings. The third-order valence-electron chi connectivity index (χ3n) is 3.82. The number of aromatic nitrogens is 1. The molecule has 3 nitrogen and oxygen atoms in total. The molecule has 1 heterocycles. The van der Waals surface area contributed by atoms with E-state index in [9.17, 15) is 4.79 Å². The molecule has 0 radical (unpaired) electrons. The standard InChI is InChI=1S/C14H19BrN2O/c1-14(2)8-4-3-6-10(14)13(18)17-12-11(15)7-5-9-16-12/h5,7,9-10H,3-4,6,8H2,1-2H3,(H,16,17,18). The minimum Gasteiger partial charge on any atom is -0.310 e. The summed E-state index contributed by atoms with van der Waals surface area (Å²) in [6.07, 6.45) is 6.15. The molecule has 1 saturated carbocycles. The number of nitrogens with one attached hydrogen (secondary N) is 1. The Balaban J connectivity index is 2.10. The van der Waals surface area contributed by atoms with Gasteiger partial charge in [-0.25, -0.2) is 4.98 Å². The average Bonchev–Trinajstić information content (AvgIpc) is 2.31. The fraction of sp³-hybridized carbons (Fsp3) is 0.571. The van der Waals surface area contributed by atoms with Crippen molar-refractivity contribution in [1.29, 1.82) is 0 Å². The number of carbonyl (C=O) groups is 1. The molecule has 18 heavy (non-hydrogen) atoms. The summed E-state index contributed by atoms with van der Waals surface area (Å²) in [5.74, 6) is 0.795. The molecule has 1 aromatic heterocycles. The number of hydrogen-bond donors (Lipinski definition) is 1. The summed E-state index contributed by atoms with van der Waals surface area (Å²) >= 11 is 3.40. The third kappa shape index (κ3) is 2.91. The molecule has 1 N–H and O–H groups in total. The third-order valence-corrected chi connectivity index (χ3v) is 4.46. The molecule has 4 heteroatoms. The molecule has 0 aliphatic heterocycles. The van der Waals surface area contributed by atoms with Gasteiger partial charge in [0.15, 0.2) is 0 Å². The van der Waals surface area contributed by atoms with E-state index < -0.39 is 0 Å². The first kappa shape index (κ1) is 13.5. The highest BCUT2D eigenvalue weighted by molar-refractivity contribution is 9.10. The molecule has 1 aromatic rings. The molecule has 0 bridgehead atoms. The smallest absolute Gasteiger partial charge is 0.229 e. The van der Waals surface area contributed by atoms with Crippen LogP contribution in [0.5, 0.6) is 0 Å². The van der Waals surface area contributed by atoms with E-state index in [-0.39, 0.29) is 17.2 Å². The fourth-order valence-corrected chi connectivity index (χ4v) is 3.02. The zero-order valence-corrected chi connectivity index (χ0v) is 12.5. The minimum atomic E-state index is 0.0835. The Labute approximate surface area is 117 Å². The largest absolute Gasteiger partial charge is 0.310 e. The van der Waals surface area contributed by atoms with Crippen LogP contribution in [0.4, 0.5) is 5.82 Å². The molecule has 0 spiro atoms.